The first-order chi connectivity index (χ1) is 13.0. The van der Waals surface area contributed by atoms with Crippen LogP contribution in [0.2, 0.25) is 5.02 Å². The number of pyridine rings is 1. The van der Waals surface area contributed by atoms with Crippen molar-refractivity contribution in [1.82, 2.24) is 15.0 Å². The van der Waals surface area contributed by atoms with Gasteiger partial charge in [0.05, 0.1) is 6.20 Å². The van der Waals surface area contributed by atoms with E-state index in [9.17, 15) is 4.79 Å². The molecule has 0 bridgehead atoms. The molecule has 144 valence electrons. The molecule has 2 aliphatic rings. The third-order valence-corrected chi connectivity index (χ3v) is 7.44. The molecule has 1 unspecified atom stereocenters. The maximum atomic E-state index is 11.6. The smallest absolute Gasteiger partial charge is 0.267 e. The molecule has 7 nitrogen and oxygen atoms in total. The van der Waals surface area contributed by atoms with Gasteiger partial charge in [0.25, 0.3) is 5.56 Å². The van der Waals surface area contributed by atoms with Crippen LogP contribution in [-0.2, 0) is 0 Å². The maximum absolute atomic E-state index is 11.6. The van der Waals surface area contributed by atoms with Gasteiger partial charge in [0.15, 0.2) is 5.82 Å². The molecule has 5 N–H and O–H groups in total. The molecule has 0 radical (unpaired) electrons. The summed E-state index contributed by atoms with van der Waals surface area (Å²) in [5.41, 5.74) is 12.5. The Morgan fingerprint density at radius 1 is 1.33 bits per heavy atom. The zero-order valence-corrected chi connectivity index (χ0v) is 16.5. The Balaban J connectivity index is 1.48. The van der Waals surface area contributed by atoms with Crippen LogP contribution in [0.4, 0.5) is 11.6 Å². The predicted molar refractivity (Wildman–Crippen MR) is 108 cm³/mol. The van der Waals surface area contributed by atoms with Crippen molar-refractivity contribution in [2.75, 3.05) is 23.7 Å². The van der Waals surface area contributed by atoms with E-state index < -0.39 is 0 Å². The van der Waals surface area contributed by atoms with Crippen molar-refractivity contribution in [2.45, 2.75) is 48.1 Å². The molecule has 9 heteroatoms. The number of aromatic amines is 1. The lowest BCUT2D eigenvalue weighted by molar-refractivity contribution is 0.197. The number of piperidine rings is 1. The summed E-state index contributed by atoms with van der Waals surface area (Å²) in [5, 5.41) is 0.666. The van der Waals surface area contributed by atoms with Gasteiger partial charge in [0.2, 0.25) is 0 Å². The second-order valence-electron chi connectivity index (χ2n) is 7.35. The van der Waals surface area contributed by atoms with Crippen LogP contribution in [0.1, 0.15) is 32.1 Å². The molecule has 2 aromatic rings. The second kappa shape index (κ2) is 7.33. The summed E-state index contributed by atoms with van der Waals surface area (Å²) in [7, 11) is 0. The monoisotopic (exact) mass is 406 g/mol. The van der Waals surface area contributed by atoms with Gasteiger partial charge >= 0.3 is 0 Å². The molecule has 1 atom stereocenters. The van der Waals surface area contributed by atoms with Crippen molar-refractivity contribution in [3.05, 3.63) is 33.8 Å². The number of anilines is 2. The van der Waals surface area contributed by atoms with E-state index in [0.717, 1.165) is 38.2 Å². The topological polar surface area (TPSA) is 114 Å². The van der Waals surface area contributed by atoms with Crippen LogP contribution >= 0.6 is 23.4 Å². The summed E-state index contributed by atoms with van der Waals surface area (Å²) >= 11 is 7.29. The zero-order chi connectivity index (χ0) is 19.0. The van der Waals surface area contributed by atoms with E-state index in [0.29, 0.717) is 27.2 Å². The fourth-order valence-corrected chi connectivity index (χ4v) is 5.22. The molecule has 2 aromatic heterocycles. The van der Waals surface area contributed by atoms with Crippen LogP contribution in [0.5, 0.6) is 0 Å². The number of nitrogens with two attached hydrogens (primary N) is 2. The van der Waals surface area contributed by atoms with Crippen LogP contribution in [0.25, 0.3) is 0 Å². The molecule has 1 saturated carbocycles. The summed E-state index contributed by atoms with van der Waals surface area (Å²) in [4.78, 5) is 26.0. The highest BCUT2D eigenvalue weighted by molar-refractivity contribution is 7.99. The summed E-state index contributed by atoms with van der Waals surface area (Å²) in [6.07, 6.45) is 9.10. The zero-order valence-electron chi connectivity index (χ0n) is 14.9. The fourth-order valence-electron chi connectivity index (χ4n) is 4.21. The van der Waals surface area contributed by atoms with E-state index in [2.05, 4.69) is 19.9 Å². The van der Waals surface area contributed by atoms with Gasteiger partial charge in [-0.25, -0.2) is 9.97 Å². The molecule has 3 heterocycles. The summed E-state index contributed by atoms with van der Waals surface area (Å²) in [6.45, 7) is 1.85. The minimum absolute atomic E-state index is 0.127. The lowest BCUT2D eigenvalue weighted by Gasteiger charge is -2.42. The standard InChI is InChI=1S/C18H23ClN6OS/c19-14-11(3-7-22-16(14)26)27-17-15(21)24-13(10-23-17)25-8-5-18(6-9-25)4-1-2-12(18)20/h3,7,10,12H,1-2,4-6,8-9,20H2,(H2,21,24)(H,22,26). The second-order valence-corrected chi connectivity index (χ2v) is 8.76. The Hall–Kier alpha value is -1.77. The molecule has 1 aliphatic heterocycles. The van der Waals surface area contributed by atoms with Gasteiger partial charge < -0.3 is 21.4 Å². The first-order valence-electron chi connectivity index (χ1n) is 9.17. The van der Waals surface area contributed by atoms with E-state index in [1.807, 2.05) is 0 Å². The first kappa shape index (κ1) is 18.6. The van der Waals surface area contributed by atoms with Crippen molar-refractivity contribution in [1.29, 1.82) is 0 Å². The highest BCUT2D eigenvalue weighted by atomic mass is 35.5. The average molecular weight is 407 g/mol. The molecule has 0 amide bonds. The van der Waals surface area contributed by atoms with Gasteiger partial charge in [-0.1, -0.05) is 29.8 Å². The van der Waals surface area contributed by atoms with Crippen molar-refractivity contribution < 1.29 is 0 Å². The molecule has 1 saturated heterocycles. The molecule has 0 aromatic carbocycles. The molecule has 1 spiro atoms. The van der Waals surface area contributed by atoms with Crippen LogP contribution in [0.3, 0.4) is 0 Å². The van der Waals surface area contributed by atoms with Gasteiger partial charge in [0.1, 0.15) is 15.9 Å². The number of H-pyrrole nitrogens is 1. The molecule has 27 heavy (non-hydrogen) atoms. The van der Waals surface area contributed by atoms with Crippen LogP contribution in [0, 0.1) is 5.41 Å². The number of hydrogen-bond acceptors (Lipinski definition) is 7. The predicted octanol–water partition coefficient (Wildman–Crippen LogP) is 2.65. The first-order valence-corrected chi connectivity index (χ1v) is 10.4. The Morgan fingerprint density at radius 3 is 2.78 bits per heavy atom. The molecular weight excluding hydrogens is 384 g/mol. The van der Waals surface area contributed by atoms with Crippen molar-refractivity contribution in [2.24, 2.45) is 11.1 Å². The van der Waals surface area contributed by atoms with E-state index in [1.165, 1.54) is 24.6 Å². The van der Waals surface area contributed by atoms with E-state index in [-0.39, 0.29) is 10.6 Å². The number of nitrogens with one attached hydrogen (secondary N) is 1. The van der Waals surface area contributed by atoms with Crippen molar-refractivity contribution >= 4 is 35.0 Å². The number of aromatic nitrogens is 3. The molecule has 2 fully saturated rings. The van der Waals surface area contributed by atoms with Crippen molar-refractivity contribution in [3.63, 3.8) is 0 Å². The van der Waals surface area contributed by atoms with E-state index in [1.54, 1.807) is 18.5 Å². The normalized spacial score (nSPS) is 21.7. The lowest BCUT2D eigenvalue weighted by Crippen LogP contribution is -2.47. The van der Waals surface area contributed by atoms with Crippen LogP contribution < -0.4 is 21.9 Å². The Kier molecular flexibility index (Phi) is 5.05. The number of rotatable bonds is 3. The Bertz CT molecular complexity index is 896. The molecule has 4 rings (SSSR count). The van der Waals surface area contributed by atoms with Gasteiger partial charge in [-0.15, -0.1) is 0 Å². The van der Waals surface area contributed by atoms with Gasteiger partial charge in [-0.3, -0.25) is 4.79 Å². The third kappa shape index (κ3) is 3.53. The summed E-state index contributed by atoms with van der Waals surface area (Å²) in [6, 6.07) is 2.05. The fraction of sp³-hybridized carbons (Fsp3) is 0.500. The number of hydrogen-bond donors (Lipinski definition) is 3. The van der Waals surface area contributed by atoms with Crippen molar-refractivity contribution in [3.8, 4) is 0 Å². The van der Waals surface area contributed by atoms with Gasteiger partial charge in [-0.2, -0.15) is 0 Å². The quantitative estimate of drug-likeness (QED) is 0.717. The molecular formula is C18H23ClN6OS. The molecule has 1 aliphatic carbocycles. The highest BCUT2D eigenvalue weighted by Gasteiger charge is 2.43. The number of nitrogen functional groups attached to an aromatic ring is 1. The Morgan fingerprint density at radius 2 is 2.11 bits per heavy atom. The van der Waals surface area contributed by atoms with Crippen LogP contribution in [-0.4, -0.2) is 34.1 Å². The van der Waals surface area contributed by atoms with Gasteiger partial charge in [-0.05, 0) is 37.2 Å². The summed E-state index contributed by atoms with van der Waals surface area (Å²) in [5.74, 6) is 1.13. The third-order valence-electron chi connectivity index (χ3n) is 5.88. The van der Waals surface area contributed by atoms with E-state index >= 15 is 0 Å². The average Bonchev–Trinajstić information content (AvgIpc) is 3.01. The number of halogens is 1. The largest absolute Gasteiger partial charge is 0.381 e. The SMILES string of the molecule is Nc1nc(N2CCC3(CCCC3N)CC2)cnc1Sc1cc[nH]c(=O)c1Cl. The van der Waals surface area contributed by atoms with E-state index in [4.69, 9.17) is 23.1 Å². The lowest BCUT2D eigenvalue weighted by atomic mass is 9.74. The Labute approximate surface area is 166 Å². The van der Waals surface area contributed by atoms with Crippen LogP contribution in [0.15, 0.2) is 33.2 Å². The highest BCUT2D eigenvalue weighted by Crippen LogP contribution is 2.46. The minimum atomic E-state index is -0.336. The minimum Gasteiger partial charge on any atom is -0.381 e. The maximum Gasteiger partial charge on any atom is 0.267 e. The summed E-state index contributed by atoms with van der Waals surface area (Å²) < 4.78 is 0. The number of nitrogens with zero attached hydrogens (tertiary/aromatic N) is 3. The van der Waals surface area contributed by atoms with Gasteiger partial charge in [0, 0.05) is 30.2 Å².